The Kier molecular flexibility index (Phi) is 3.26. The van der Waals surface area contributed by atoms with E-state index in [1.807, 2.05) is 6.07 Å². The van der Waals surface area contributed by atoms with E-state index in [0.29, 0.717) is 0 Å². The zero-order chi connectivity index (χ0) is 13.6. The first-order chi connectivity index (χ1) is 8.36. The van der Waals surface area contributed by atoms with Gasteiger partial charge >= 0.3 is 0 Å². The summed E-state index contributed by atoms with van der Waals surface area (Å²) in [5.74, 6) is -0.449. The highest BCUT2D eigenvalue weighted by Gasteiger charge is 2.70. The molecule has 96 valence electrons. The number of halogens is 1. The Balaban J connectivity index is 2.46. The quantitative estimate of drug-likeness (QED) is 0.910. The number of benzene rings is 1. The zero-order valence-corrected chi connectivity index (χ0v) is 12.1. The van der Waals surface area contributed by atoms with E-state index in [2.05, 4.69) is 15.9 Å². The fourth-order valence-corrected chi connectivity index (χ4v) is 4.65. The van der Waals surface area contributed by atoms with Crippen molar-refractivity contribution < 1.29 is 13.5 Å². The lowest BCUT2D eigenvalue weighted by atomic mass is 10.0. The van der Waals surface area contributed by atoms with Crippen LogP contribution in [0.2, 0.25) is 0 Å². The van der Waals surface area contributed by atoms with Crippen molar-refractivity contribution >= 4 is 25.8 Å². The summed E-state index contributed by atoms with van der Waals surface area (Å²) in [6.07, 6.45) is 1.11. The van der Waals surface area contributed by atoms with Crippen LogP contribution in [-0.2, 0) is 9.84 Å². The van der Waals surface area contributed by atoms with Gasteiger partial charge in [-0.3, -0.25) is 0 Å². The number of hydrogen-bond acceptors (Lipinski definition) is 4. The van der Waals surface area contributed by atoms with Gasteiger partial charge in [0.05, 0.1) is 17.9 Å². The molecule has 1 aliphatic carbocycles. The summed E-state index contributed by atoms with van der Waals surface area (Å²) in [5, 5.41) is 17.8. The van der Waals surface area contributed by atoms with Crippen LogP contribution in [0.25, 0.3) is 0 Å². The molecular weight excluding hydrogens is 318 g/mol. The van der Waals surface area contributed by atoms with Gasteiger partial charge in [0, 0.05) is 16.6 Å². The van der Waals surface area contributed by atoms with Crippen LogP contribution in [0.15, 0.2) is 28.7 Å². The Morgan fingerprint density at radius 3 is 2.33 bits per heavy atom. The van der Waals surface area contributed by atoms with E-state index < -0.39 is 33.0 Å². The topological polar surface area (TPSA) is 78.2 Å². The number of sulfone groups is 1. The van der Waals surface area contributed by atoms with Gasteiger partial charge in [-0.05, 0) is 17.7 Å². The van der Waals surface area contributed by atoms with E-state index in [9.17, 15) is 18.8 Å². The van der Waals surface area contributed by atoms with Crippen molar-refractivity contribution in [3.8, 4) is 6.07 Å². The molecule has 0 spiro atoms. The van der Waals surface area contributed by atoms with Crippen molar-refractivity contribution in [3.05, 3.63) is 34.3 Å². The highest BCUT2D eigenvalue weighted by Crippen LogP contribution is 2.62. The van der Waals surface area contributed by atoms with Gasteiger partial charge in [0.25, 0.3) is 0 Å². The largest absolute Gasteiger partial charge is 0.395 e. The van der Waals surface area contributed by atoms with Crippen LogP contribution in [-0.4, -0.2) is 31.6 Å². The third kappa shape index (κ3) is 1.96. The third-order valence-electron chi connectivity index (χ3n) is 3.42. The van der Waals surface area contributed by atoms with E-state index in [1.54, 1.807) is 24.3 Å². The molecule has 4 nitrogen and oxygen atoms in total. The van der Waals surface area contributed by atoms with Gasteiger partial charge in [0.15, 0.2) is 9.84 Å². The predicted octanol–water partition coefficient (Wildman–Crippen LogP) is 1.46. The first-order valence-corrected chi connectivity index (χ1v) is 8.08. The number of aliphatic hydroxyl groups is 1. The van der Waals surface area contributed by atoms with Crippen LogP contribution in [0.3, 0.4) is 0 Å². The highest BCUT2D eigenvalue weighted by molar-refractivity contribution is 9.10. The molecule has 0 aliphatic heterocycles. The summed E-state index contributed by atoms with van der Waals surface area (Å²) < 4.78 is 24.3. The summed E-state index contributed by atoms with van der Waals surface area (Å²) in [7, 11) is -3.36. The summed E-state index contributed by atoms with van der Waals surface area (Å²) in [5.41, 5.74) is -0.425. The average molecular weight is 330 g/mol. The van der Waals surface area contributed by atoms with Crippen LogP contribution in [0, 0.1) is 16.7 Å². The van der Waals surface area contributed by atoms with Gasteiger partial charge in [-0.25, -0.2) is 8.42 Å². The van der Waals surface area contributed by atoms with Crippen molar-refractivity contribution in [2.45, 2.75) is 11.2 Å². The zero-order valence-electron chi connectivity index (χ0n) is 9.67. The molecule has 0 bridgehead atoms. The normalized spacial score (nSPS) is 30.8. The standard InChI is InChI=1S/C12H12BrNO3S/c1-18(16,17)11-10(12(11,6-14)7-15)8-2-4-9(13)5-3-8/h2-5,10-11,15H,7H2,1H3/t10-,11+,12-/m1/s1. The van der Waals surface area contributed by atoms with Crippen molar-refractivity contribution in [2.24, 2.45) is 5.41 Å². The van der Waals surface area contributed by atoms with E-state index in [0.717, 1.165) is 16.3 Å². The fraction of sp³-hybridized carbons (Fsp3) is 0.417. The predicted molar refractivity (Wildman–Crippen MR) is 70.6 cm³/mol. The third-order valence-corrected chi connectivity index (χ3v) is 5.56. The molecule has 0 aromatic heterocycles. The molecule has 2 rings (SSSR count). The maximum atomic E-state index is 11.7. The second-order valence-corrected chi connectivity index (χ2v) is 7.67. The number of rotatable bonds is 3. The molecule has 0 radical (unpaired) electrons. The lowest BCUT2D eigenvalue weighted by Crippen LogP contribution is -2.16. The summed E-state index contributed by atoms with van der Waals surface area (Å²) in [4.78, 5) is 0. The molecule has 1 aromatic carbocycles. The van der Waals surface area contributed by atoms with E-state index >= 15 is 0 Å². The van der Waals surface area contributed by atoms with Crippen LogP contribution in [0.4, 0.5) is 0 Å². The van der Waals surface area contributed by atoms with Crippen LogP contribution in [0.1, 0.15) is 11.5 Å². The van der Waals surface area contributed by atoms with Crippen molar-refractivity contribution in [3.63, 3.8) is 0 Å². The molecule has 0 unspecified atom stereocenters. The van der Waals surface area contributed by atoms with Crippen LogP contribution in [0.5, 0.6) is 0 Å². The molecule has 1 saturated carbocycles. The van der Waals surface area contributed by atoms with E-state index in [1.165, 1.54) is 0 Å². The monoisotopic (exact) mass is 329 g/mol. The number of nitrogens with zero attached hydrogens (tertiary/aromatic N) is 1. The van der Waals surface area contributed by atoms with Crippen LogP contribution >= 0.6 is 15.9 Å². The minimum atomic E-state index is -3.36. The lowest BCUT2D eigenvalue weighted by Gasteiger charge is -2.03. The Morgan fingerprint density at radius 2 is 2.00 bits per heavy atom. The van der Waals surface area contributed by atoms with Crippen molar-refractivity contribution in [2.75, 3.05) is 12.9 Å². The Bertz CT molecular complexity index is 605. The van der Waals surface area contributed by atoms with Gasteiger partial charge in [-0.2, -0.15) is 5.26 Å². The Labute approximate surface area is 114 Å². The average Bonchev–Trinajstić information content (AvgIpc) is 3.00. The maximum absolute atomic E-state index is 11.7. The molecule has 1 aliphatic rings. The number of hydrogen-bond donors (Lipinski definition) is 1. The molecule has 1 fully saturated rings. The fourth-order valence-electron chi connectivity index (χ4n) is 2.53. The molecule has 6 heteroatoms. The first kappa shape index (κ1) is 13.5. The smallest absolute Gasteiger partial charge is 0.152 e. The van der Waals surface area contributed by atoms with Crippen LogP contribution < -0.4 is 0 Å². The maximum Gasteiger partial charge on any atom is 0.152 e. The number of nitriles is 1. The molecule has 0 heterocycles. The SMILES string of the molecule is CS(=O)(=O)[C@H]1[C@@H](c2ccc(Br)cc2)[C@@]1(C#N)CO. The first-order valence-electron chi connectivity index (χ1n) is 5.33. The van der Waals surface area contributed by atoms with Crippen molar-refractivity contribution in [1.29, 1.82) is 5.26 Å². The molecule has 0 amide bonds. The number of aliphatic hydroxyl groups excluding tert-OH is 1. The van der Waals surface area contributed by atoms with Gasteiger partial charge < -0.3 is 5.11 Å². The molecule has 1 N–H and O–H groups in total. The highest BCUT2D eigenvalue weighted by atomic mass is 79.9. The molecular formula is C12H12BrNO3S. The minimum absolute atomic E-state index is 0.442. The minimum Gasteiger partial charge on any atom is -0.395 e. The second kappa shape index (κ2) is 4.34. The summed E-state index contributed by atoms with van der Waals surface area (Å²) >= 11 is 3.30. The molecule has 0 saturated heterocycles. The van der Waals surface area contributed by atoms with Crippen molar-refractivity contribution in [1.82, 2.24) is 0 Å². The van der Waals surface area contributed by atoms with Gasteiger partial charge in [0.1, 0.15) is 5.41 Å². The Morgan fingerprint density at radius 1 is 1.44 bits per heavy atom. The summed E-state index contributed by atoms with van der Waals surface area (Å²) in [6, 6.07) is 9.14. The van der Waals surface area contributed by atoms with E-state index in [-0.39, 0.29) is 0 Å². The molecule has 3 atom stereocenters. The summed E-state index contributed by atoms with van der Waals surface area (Å²) in [6.45, 7) is -0.442. The van der Waals surface area contributed by atoms with E-state index in [4.69, 9.17) is 0 Å². The van der Waals surface area contributed by atoms with Gasteiger partial charge in [-0.1, -0.05) is 28.1 Å². The van der Waals surface area contributed by atoms with Gasteiger partial charge in [-0.15, -0.1) is 0 Å². The molecule has 1 aromatic rings. The molecule has 18 heavy (non-hydrogen) atoms. The Hall–Kier alpha value is -0.900. The van der Waals surface area contributed by atoms with Gasteiger partial charge in [0.2, 0.25) is 0 Å². The second-order valence-electron chi connectivity index (χ2n) is 4.59. The lowest BCUT2D eigenvalue weighted by molar-refractivity contribution is 0.242.